The maximum Gasteiger partial charge on any atom is 0.308 e. The summed E-state index contributed by atoms with van der Waals surface area (Å²) in [6.45, 7) is 6.71. The Balaban J connectivity index is 2.09. The summed E-state index contributed by atoms with van der Waals surface area (Å²) in [4.78, 5) is 39.0. The summed E-state index contributed by atoms with van der Waals surface area (Å²) in [6.07, 6.45) is 10.7. The summed E-state index contributed by atoms with van der Waals surface area (Å²) in [7, 11) is 0. The van der Waals surface area contributed by atoms with E-state index < -0.39 is 5.92 Å². The first-order valence-electron chi connectivity index (χ1n) is 15.3. The van der Waals surface area contributed by atoms with Gasteiger partial charge in [0.2, 0.25) is 11.8 Å². The molecule has 0 radical (unpaired) electrons. The van der Waals surface area contributed by atoms with Crippen LogP contribution in [0.3, 0.4) is 0 Å². The Morgan fingerprint density at radius 3 is 2.05 bits per heavy atom. The number of amides is 2. The molecule has 1 unspecified atom stereocenters. The Morgan fingerprint density at radius 1 is 0.725 bits per heavy atom. The summed E-state index contributed by atoms with van der Waals surface area (Å²) in [5.41, 5.74) is 3.17. The minimum Gasteiger partial charge on any atom is -0.465 e. The summed E-state index contributed by atoms with van der Waals surface area (Å²) < 4.78 is 5.61. The Morgan fingerprint density at radius 2 is 1.40 bits per heavy atom. The van der Waals surface area contributed by atoms with Crippen LogP contribution in [0.2, 0.25) is 0 Å². The van der Waals surface area contributed by atoms with Gasteiger partial charge in [-0.1, -0.05) is 102 Å². The molecule has 0 heterocycles. The van der Waals surface area contributed by atoms with Crippen LogP contribution in [-0.2, 0) is 32.0 Å². The first-order chi connectivity index (χ1) is 19.5. The second-order valence-corrected chi connectivity index (χ2v) is 10.7. The highest BCUT2D eigenvalue weighted by Gasteiger charge is 2.28. The molecule has 2 aromatic rings. The molecule has 0 aromatic heterocycles. The number of hydrogen-bond acceptors (Lipinski definition) is 4. The highest BCUT2D eigenvalue weighted by atomic mass is 16.5. The number of unbranched alkanes of at least 4 members (excludes halogenated alkanes) is 4. The van der Waals surface area contributed by atoms with Crippen molar-refractivity contribution < 1.29 is 19.1 Å². The van der Waals surface area contributed by atoms with Crippen LogP contribution in [0.4, 0.5) is 5.69 Å². The van der Waals surface area contributed by atoms with E-state index in [2.05, 4.69) is 55.7 Å². The van der Waals surface area contributed by atoms with Gasteiger partial charge in [0, 0.05) is 11.6 Å². The molecule has 40 heavy (non-hydrogen) atoms. The standard InChI is InChI=1S/C34H50N2O4/c1-4-7-9-11-15-30(34(39)40-24-8-5-2)25-29(23-22-28-20-18-27(14-6-3)19-21-28)33(38)35-26-32(37)36-31-16-12-10-13-17-31/h10,12-13,16-21,29-30H,4-9,11,14-15,22-26H2,1-3H3,(H,35,38)(H,36,37)/t29-,30?/m1/s1. The number of benzene rings is 2. The minimum absolute atomic E-state index is 0.113. The van der Waals surface area contributed by atoms with Crippen LogP contribution in [0.15, 0.2) is 54.6 Å². The molecule has 6 heteroatoms. The predicted molar refractivity (Wildman–Crippen MR) is 163 cm³/mol. The molecule has 6 nitrogen and oxygen atoms in total. The Labute approximate surface area is 241 Å². The van der Waals surface area contributed by atoms with E-state index in [-0.39, 0.29) is 30.2 Å². The first kappa shape index (κ1) is 33.1. The first-order valence-corrected chi connectivity index (χ1v) is 15.3. The lowest BCUT2D eigenvalue weighted by atomic mass is 9.86. The topological polar surface area (TPSA) is 84.5 Å². The van der Waals surface area contributed by atoms with Gasteiger partial charge in [0.15, 0.2) is 0 Å². The number of anilines is 1. The summed E-state index contributed by atoms with van der Waals surface area (Å²) in [5, 5.41) is 5.64. The third-order valence-corrected chi connectivity index (χ3v) is 7.25. The molecular weight excluding hydrogens is 500 g/mol. The van der Waals surface area contributed by atoms with E-state index in [1.165, 1.54) is 11.1 Å². The number of nitrogens with one attached hydrogen (secondary N) is 2. The second kappa shape index (κ2) is 19.8. The zero-order chi connectivity index (χ0) is 29.0. The molecule has 0 aliphatic rings. The Hall–Kier alpha value is -3.15. The Bertz CT molecular complexity index is 991. The average molecular weight is 551 g/mol. The van der Waals surface area contributed by atoms with Crippen LogP contribution in [-0.4, -0.2) is 30.9 Å². The van der Waals surface area contributed by atoms with E-state index in [4.69, 9.17) is 4.74 Å². The largest absolute Gasteiger partial charge is 0.465 e. The number of aryl methyl sites for hydroxylation is 2. The number of ether oxygens (including phenoxy) is 1. The minimum atomic E-state index is -0.394. The SMILES string of the molecule is CCCCCCC(C[C@@H](CCc1ccc(CCC)cc1)C(=O)NCC(=O)Nc1ccccc1)C(=O)OCCCC. The zero-order valence-corrected chi connectivity index (χ0v) is 24.9. The van der Waals surface area contributed by atoms with Gasteiger partial charge in [-0.25, -0.2) is 0 Å². The van der Waals surface area contributed by atoms with Gasteiger partial charge in [-0.15, -0.1) is 0 Å². The van der Waals surface area contributed by atoms with E-state index in [9.17, 15) is 14.4 Å². The maximum atomic E-state index is 13.4. The molecule has 2 N–H and O–H groups in total. The molecular formula is C34H50N2O4. The van der Waals surface area contributed by atoms with Gasteiger partial charge in [-0.2, -0.15) is 0 Å². The summed E-state index contributed by atoms with van der Waals surface area (Å²) >= 11 is 0. The fraction of sp³-hybridized carbons (Fsp3) is 0.559. The van der Waals surface area contributed by atoms with E-state index in [1.807, 2.05) is 30.3 Å². The van der Waals surface area contributed by atoms with Crippen molar-refractivity contribution in [2.75, 3.05) is 18.5 Å². The van der Waals surface area contributed by atoms with Crippen molar-refractivity contribution in [1.82, 2.24) is 5.32 Å². The smallest absolute Gasteiger partial charge is 0.308 e. The number of hydrogen-bond donors (Lipinski definition) is 2. The van der Waals surface area contributed by atoms with E-state index >= 15 is 0 Å². The molecule has 0 fully saturated rings. The fourth-order valence-electron chi connectivity index (χ4n) is 4.82. The van der Waals surface area contributed by atoms with Gasteiger partial charge in [-0.05, 0) is 61.8 Å². The van der Waals surface area contributed by atoms with Crippen molar-refractivity contribution in [1.29, 1.82) is 0 Å². The lowest BCUT2D eigenvalue weighted by Crippen LogP contribution is -2.38. The van der Waals surface area contributed by atoms with Gasteiger partial charge in [0.25, 0.3) is 0 Å². The molecule has 2 atom stereocenters. The molecule has 0 spiro atoms. The van der Waals surface area contributed by atoms with E-state index in [1.54, 1.807) is 0 Å². The van der Waals surface area contributed by atoms with Gasteiger partial charge >= 0.3 is 5.97 Å². The maximum absolute atomic E-state index is 13.4. The summed E-state index contributed by atoms with van der Waals surface area (Å²) in [6, 6.07) is 17.8. The number of rotatable bonds is 20. The van der Waals surface area contributed by atoms with Crippen LogP contribution in [0.25, 0.3) is 0 Å². The average Bonchev–Trinajstić information content (AvgIpc) is 2.96. The van der Waals surface area contributed by atoms with Crippen molar-refractivity contribution in [3.63, 3.8) is 0 Å². The number of esters is 1. The molecule has 2 aromatic carbocycles. The Kier molecular flexibility index (Phi) is 16.4. The third kappa shape index (κ3) is 13.3. The fourth-order valence-corrected chi connectivity index (χ4v) is 4.82. The number of carbonyl (C=O) groups is 3. The van der Waals surface area contributed by atoms with Crippen molar-refractivity contribution >= 4 is 23.5 Å². The van der Waals surface area contributed by atoms with Crippen molar-refractivity contribution in [2.45, 2.75) is 97.8 Å². The van der Waals surface area contributed by atoms with Crippen molar-refractivity contribution in [3.05, 3.63) is 65.7 Å². The quantitative estimate of drug-likeness (QED) is 0.134. The molecule has 0 saturated carbocycles. The monoisotopic (exact) mass is 550 g/mol. The highest BCUT2D eigenvalue weighted by Crippen LogP contribution is 2.25. The molecule has 2 rings (SSSR count). The lowest BCUT2D eigenvalue weighted by Gasteiger charge is -2.23. The normalized spacial score (nSPS) is 12.4. The molecule has 0 bridgehead atoms. The van der Waals surface area contributed by atoms with Crippen molar-refractivity contribution in [3.8, 4) is 0 Å². The summed E-state index contributed by atoms with van der Waals surface area (Å²) in [5.74, 6) is -1.39. The van der Waals surface area contributed by atoms with Gasteiger partial charge in [-0.3, -0.25) is 14.4 Å². The van der Waals surface area contributed by atoms with Crippen LogP contribution in [0, 0.1) is 11.8 Å². The van der Waals surface area contributed by atoms with E-state index in [0.29, 0.717) is 25.1 Å². The molecule has 0 saturated heterocycles. The second-order valence-electron chi connectivity index (χ2n) is 10.7. The highest BCUT2D eigenvalue weighted by molar-refractivity contribution is 5.94. The van der Waals surface area contributed by atoms with Gasteiger partial charge < -0.3 is 15.4 Å². The van der Waals surface area contributed by atoms with Crippen LogP contribution in [0.5, 0.6) is 0 Å². The van der Waals surface area contributed by atoms with Gasteiger partial charge in [0.05, 0.1) is 19.1 Å². The van der Waals surface area contributed by atoms with Crippen LogP contribution in [0.1, 0.15) is 96.1 Å². The van der Waals surface area contributed by atoms with E-state index in [0.717, 1.165) is 64.2 Å². The molecule has 2 amide bonds. The number of carbonyl (C=O) groups excluding carboxylic acids is 3. The van der Waals surface area contributed by atoms with Crippen LogP contribution < -0.4 is 10.6 Å². The molecule has 220 valence electrons. The third-order valence-electron chi connectivity index (χ3n) is 7.25. The zero-order valence-electron chi connectivity index (χ0n) is 24.9. The number of para-hydroxylation sites is 1. The lowest BCUT2D eigenvalue weighted by molar-refractivity contribution is -0.150. The predicted octanol–water partition coefficient (Wildman–Crippen LogP) is 7.26. The van der Waals surface area contributed by atoms with Crippen molar-refractivity contribution in [2.24, 2.45) is 11.8 Å². The van der Waals surface area contributed by atoms with Crippen LogP contribution >= 0.6 is 0 Å². The molecule has 0 aliphatic carbocycles. The molecule has 0 aliphatic heterocycles. The van der Waals surface area contributed by atoms with Gasteiger partial charge in [0.1, 0.15) is 0 Å².